The molecule has 1 rings (SSSR count). The fourth-order valence-electron chi connectivity index (χ4n) is 0.742. The number of amides is 2. The van der Waals surface area contributed by atoms with Crippen LogP contribution in [-0.4, -0.2) is 10.2 Å². The summed E-state index contributed by atoms with van der Waals surface area (Å²) in [4.78, 5) is 10.7. The highest BCUT2D eigenvalue weighted by Crippen LogP contribution is 1.99. The Balaban J connectivity index is 2.86. The van der Waals surface area contributed by atoms with Gasteiger partial charge in [0.1, 0.15) is 0 Å². The monoisotopic (exact) mass is 200 g/mol. The second kappa shape index (κ2) is 4.13. The van der Waals surface area contributed by atoms with E-state index in [0.29, 0.717) is 0 Å². The quantitative estimate of drug-likeness (QED) is 0.611. The molecule has 0 aromatic heterocycles. The smallest absolute Gasteiger partial charge is 0.426 e. The third-order valence-electron chi connectivity index (χ3n) is 1.33. The first-order valence-electron chi connectivity index (χ1n) is 3.43. The number of rotatable bonds is 2. The van der Waals surface area contributed by atoms with Crippen molar-refractivity contribution in [3.63, 3.8) is 0 Å². The highest BCUT2D eigenvalue weighted by Gasteiger charge is 2.16. The van der Waals surface area contributed by atoms with E-state index in [4.69, 9.17) is 5.73 Å². The number of benzene rings is 1. The summed E-state index contributed by atoms with van der Waals surface area (Å²) in [5, 5.41) is 10.9. The first-order chi connectivity index (χ1) is 6.13. The summed E-state index contributed by atoms with van der Waals surface area (Å²) in [5.41, 5.74) is 4.69. The highest BCUT2D eigenvalue weighted by atomic mass is 32.2. The zero-order valence-corrected chi connectivity index (χ0v) is 7.41. The highest BCUT2D eigenvalue weighted by molar-refractivity contribution is 7.78. The minimum atomic E-state index is -1.97. The Morgan fingerprint density at radius 2 is 1.92 bits per heavy atom. The molecule has 0 saturated heterocycles. The molecule has 0 spiro atoms. The van der Waals surface area contributed by atoms with Crippen molar-refractivity contribution in [2.75, 3.05) is 0 Å². The molecule has 0 fully saturated rings. The summed E-state index contributed by atoms with van der Waals surface area (Å²) >= 11 is 0. The molecule has 5 nitrogen and oxygen atoms in total. The van der Waals surface area contributed by atoms with Crippen LogP contribution in [0.5, 0.6) is 0 Å². The molecule has 2 amide bonds. The van der Waals surface area contributed by atoms with E-state index in [1.54, 1.807) is 18.2 Å². The van der Waals surface area contributed by atoms with Crippen LogP contribution in [0.15, 0.2) is 35.2 Å². The second-order valence-corrected chi connectivity index (χ2v) is 3.61. The van der Waals surface area contributed by atoms with Crippen molar-refractivity contribution in [1.29, 1.82) is 0 Å². The Hall–Kier alpha value is -1.24. The van der Waals surface area contributed by atoms with Gasteiger partial charge in [-0.1, -0.05) is 18.2 Å². The van der Waals surface area contributed by atoms with E-state index in [1.807, 2.05) is 0 Å². The van der Waals surface area contributed by atoms with Gasteiger partial charge in [-0.25, -0.2) is 4.79 Å². The van der Waals surface area contributed by atoms with Gasteiger partial charge < -0.3 is 10.9 Å². The fourth-order valence-corrected chi connectivity index (χ4v) is 1.54. The third kappa shape index (κ3) is 2.35. The van der Waals surface area contributed by atoms with Gasteiger partial charge in [0.2, 0.25) is 11.0 Å². The minimum Gasteiger partial charge on any atom is -0.611 e. The number of hydroxylamine groups is 1. The average molecular weight is 200 g/mol. The van der Waals surface area contributed by atoms with E-state index in [2.05, 4.69) is 0 Å². The van der Waals surface area contributed by atoms with Crippen molar-refractivity contribution < 1.29 is 13.5 Å². The maximum Gasteiger partial charge on any atom is 0.426 e. The van der Waals surface area contributed by atoms with Gasteiger partial charge in [-0.3, -0.25) is 0 Å². The molecule has 0 aliphatic carbocycles. The number of quaternary nitrogens is 1. The Morgan fingerprint density at radius 3 is 2.38 bits per heavy atom. The van der Waals surface area contributed by atoms with Crippen LogP contribution in [0.4, 0.5) is 4.79 Å². The topological polar surface area (TPSA) is 87.7 Å². The van der Waals surface area contributed by atoms with E-state index >= 15 is 0 Å². The number of primary amides is 1. The zero-order chi connectivity index (χ0) is 9.84. The van der Waals surface area contributed by atoms with E-state index in [1.165, 1.54) is 12.1 Å². The molecule has 1 aromatic rings. The third-order valence-corrected chi connectivity index (χ3v) is 2.57. The van der Waals surface area contributed by atoms with Crippen molar-refractivity contribution in [2.45, 2.75) is 4.90 Å². The zero-order valence-electron chi connectivity index (χ0n) is 6.60. The summed E-state index contributed by atoms with van der Waals surface area (Å²) in [6.45, 7) is 0. The standard InChI is InChI=1S/C7H8N2O3S/c8-7(10)9(11)13(12)6-4-2-1-3-5-6/h1-5,9H,(H2,8,10). The number of urea groups is 1. The van der Waals surface area contributed by atoms with Crippen molar-refractivity contribution in [3.05, 3.63) is 35.5 Å². The molecule has 6 heteroatoms. The molecular formula is C7H8N2O3S. The number of hydrogen-bond acceptors (Lipinski definition) is 3. The largest absolute Gasteiger partial charge is 0.611 e. The SMILES string of the molecule is NC(=O)[NH+]([O-])S(=O)c1ccccc1. The van der Waals surface area contributed by atoms with Gasteiger partial charge in [-0.2, -0.15) is 8.68 Å². The predicted molar refractivity (Wildman–Crippen MR) is 46.8 cm³/mol. The molecule has 3 N–H and O–H groups in total. The van der Waals surface area contributed by atoms with E-state index < -0.39 is 21.5 Å². The molecule has 13 heavy (non-hydrogen) atoms. The summed E-state index contributed by atoms with van der Waals surface area (Å²) in [6.07, 6.45) is 0. The number of carbonyl (C=O) groups is 1. The fraction of sp³-hybridized carbons (Fsp3) is 0. The molecule has 0 radical (unpaired) electrons. The maximum atomic E-state index is 11.2. The summed E-state index contributed by atoms with van der Waals surface area (Å²) in [7, 11) is -1.97. The van der Waals surface area contributed by atoms with Crippen LogP contribution in [0.2, 0.25) is 0 Å². The number of nitrogens with two attached hydrogens (primary N) is 1. The summed E-state index contributed by atoms with van der Waals surface area (Å²) in [5.74, 6) is 0. The van der Waals surface area contributed by atoms with Crippen LogP contribution in [0.25, 0.3) is 0 Å². The molecule has 0 saturated carbocycles. The first kappa shape index (κ1) is 9.85. The Bertz CT molecular complexity index is 328. The lowest BCUT2D eigenvalue weighted by Crippen LogP contribution is -3.11. The lowest BCUT2D eigenvalue weighted by atomic mass is 10.4. The Labute approximate surface area is 77.3 Å². The van der Waals surface area contributed by atoms with Crippen molar-refractivity contribution in [1.82, 2.24) is 0 Å². The molecule has 2 unspecified atom stereocenters. The molecule has 70 valence electrons. The van der Waals surface area contributed by atoms with Crippen LogP contribution in [-0.2, 0) is 11.0 Å². The molecule has 0 heterocycles. The predicted octanol–water partition coefficient (Wildman–Crippen LogP) is -0.829. The lowest BCUT2D eigenvalue weighted by molar-refractivity contribution is -0.600. The summed E-state index contributed by atoms with van der Waals surface area (Å²) < 4.78 is 10.2. The van der Waals surface area contributed by atoms with Gasteiger partial charge in [-0.15, -0.1) is 0 Å². The lowest BCUT2D eigenvalue weighted by Gasteiger charge is -2.13. The van der Waals surface area contributed by atoms with Gasteiger partial charge >= 0.3 is 6.03 Å². The molecule has 2 atom stereocenters. The van der Waals surface area contributed by atoms with Gasteiger partial charge in [0.15, 0.2) is 0 Å². The Kier molecular flexibility index (Phi) is 3.13. The molecule has 1 aromatic carbocycles. The first-order valence-corrected chi connectivity index (χ1v) is 4.58. The van der Waals surface area contributed by atoms with Crippen molar-refractivity contribution >= 4 is 17.0 Å². The van der Waals surface area contributed by atoms with Crippen molar-refractivity contribution in [2.24, 2.45) is 5.73 Å². The van der Waals surface area contributed by atoms with Crippen LogP contribution < -0.4 is 10.2 Å². The number of nitrogens with one attached hydrogen (secondary N) is 1. The number of hydrogen-bond donors (Lipinski definition) is 2. The second-order valence-electron chi connectivity index (χ2n) is 2.23. The molecule has 0 aliphatic rings. The van der Waals surface area contributed by atoms with E-state index in [0.717, 1.165) is 0 Å². The van der Waals surface area contributed by atoms with Crippen LogP contribution in [0.1, 0.15) is 0 Å². The average Bonchev–Trinajstić information content (AvgIpc) is 2.17. The van der Waals surface area contributed by atoms with Crippen LogP contribution >= 0.6 is 0 Å². The van der Waals surface area contributed by atoms with Crippen LogP contribution in [0.3, 0.4) is 0 Å². The van der Waals surface area contributed by atoms with Gasteiger partial charge in [0, 0.05) is 0 Å². The minimum absolute atomic E-state index is 0.284. The van der Waals surface area contributed by atoms with Crippen LogP contribution in [0, 0.1) is 5.21 Å². The number of carbonyl (C=O) groups excluding carboxylic acids is 1. The van der Waals surface area contributed by atoms with Gasteiger partial charge in [0.05, 0.1) is 4.90 Å². The molecule has 0 aliphatic heterocycles. The molecule has 0 bridgehead atoms. The molecular weight excluding hydrogens is 192 g/mol. The normalized spacial score (nSPS) is 14.8. The Morgan fingerprint density at radius 1 is 1.38 bits per heavy atom. The summed E-state index contributed by atoms with van der Waals surface area (Å²) in [6, 6.07) is 6.79. The maximum absolute atomic E-state index is 11.2. The van der Waals surface area contributed by atoms with Gasteiger partial charge in [-0.05, 0) is 12.1 Å². The van der Waals surface area contributed by atoms with Crippen molar-refractivity contribution in [3.8, 4) is 0 Å². The van der Waals surface area contributed by atoms with Gasteiger partial charge in [0.25, 0.3) is 0 Å². The van der Waals surface area contributed by atoms with E-state index in [9.17, 15) is 14.2 Å². The van der Waals surface area contributed by atoms with E-state index in [-0.39, 0.29) is 4.90 Å².